The van der Waals surface area contributed by atoms with Crippen LogP contribution in [0.1, 0.15) is 19.9 Å². The van der Waals surface area contributed by atoms with Gasteiger partial charge in [-0.15, -0.1) is 0 Å². The van der Waals surface area contributed by atoms with Gasteiger partial charge >= 0.3 is 0 Å². The number of phenolic OH excluding ortho intramolecular Hbond substituents is 1. The molecule has 0 saturated carbocycles. The van der Waals surface area contributed by atoms with E-state index in [4.69, 9.17) is 4.98 Å². The maximum Gasteiger partial charge on any atom is 0.141 e. The van der Waals surface area contributed by atoms with Crippen molar-refractivity contribution >= 4 is 11.0 Å². The van der Waals surface area contributed by atoms with Gasteiger partial charge in [0.25, 0.3) is 0 Å². The Labute approximate surface area is 112 Å². The van der Waals surface area contributed by atoms with E-state index in [-0.39, 0.29) is 11.8 Å². The molecule has 19 heavy (non-hydrogen) atoms. The van der Waals surface area contributed by atoms with Gasteiger partial charge in [0.1, 0.15) is 11.6 Å². The number of hydrogen-bond donors (Lipinski definition) is 1. The molecule has 0 bridgehead atoms. The van der Waals surface area contributed by atoms with Crippen LogP contribution >= 0.6 is 0 Å². The molecular weight excluding hydrogens is 236 g/mol. The summed E-state index contributed by atoms with van der Waals surface area (Å²) in [6, 6.07) is 15.7. The third-order valence-electron chi connectivity index (χ3n) is 3.22. The smallest absolute Gasteiger partial charge is 0.141 e. The molecule has 0 aliphatic heterocycles. The Hall–Kier alpha value is -2.29. The van der Waals surface area contributed by atoms with Crippen molar-refractivity contribution in [3.05, 3.63) is 48.5 Å². The van der Waals surface area contributed by atoms with Crippen LogP contribution < -0.4 is 0 Å². The van der Waals surface area contributed by atoms with Gasteiger partial charge in [-0.25, -0.2) is 4.98 Å². The van der Waals surface area contributed by atoms with Gasteiger partial charge in [0.15, 0.2) is 0 Å². The summed E-state index contributed by atoms with van der Waals surface area (Å²) in [5.41, 5.74) is 2.96. The molecule has 0 aliphatic carbocycles. The van der Waals surface area contributed by atoms with E-state index < -0.39 is 0 Å². The number of imidazole rings is 1. The van der Waals surface area contributed by atoms with Crippen LogP contribution in [-0.4, -0.2) is 14.7 Å². The Bertz CT molecular complexity index is 714. The van der Waals surface area contributed by atoms with Gasteiger partial charge in [-0.1, -0.05) is 30.3 Å². The summed E-state index contributed by atoms with van der Waals surface area (Å²) < 4.78 is 2.16. The maximum atomic E-state index is 9.68. The minimum Gasteiger partial charge on any atom is -0.508 e. The number of aromatic nitrogens is 2. The van der Waals surface area contributed by atoms with Crippen molar-refractivity contribution in [2.75, 3.05) is 0 Å². The number of benzene rings is 2. The molecule has 3 nitrogen and oxygen atoms in total. The normalized spacial score (nSPS) is 11.3. The molecule has 0 unspecified atom stereocenters. The lowest BCUT2D eigenvalue weighted by Crippen LogP contribution is -2.02. The summed E-state index contributed by atoms with van der Waals surface area (Å²) >= 11 is 0. The van der Waals surface area contributed by atoms with E-state index >= 15 is 0 Å². The standard InChI is InChI=1S/C16H16N2O/c1-11(2)18-15-10-13(19)8-9-14(15)17-16(18)12-6-4-3-5-7-12/h3-11,19H,1-2H3. The van der Waals surface area contributed by atoms with Crippen LogP contribution in [0, 0.1) is 0 Å². The van der Waals surface area contributed by atoms with Crippen molar-refractivity contribution in [1.29, 1.82) is 0 Å². The Kier molecular flexibility index (Phi) is 2.75. The minimum absolute atomic E-state index is 0.272. The highest BCUT2D eigenvalue weighted by Gasteiger charge is 2.14. The average Bonchev–Trinajstić information content (AvgIpc) is 2.78. The fourth-order valence-electron chi connectivity index (χ4n) is 2.39. The van der Waals surface area contributed by atoms with Gasteiger partial charge in [0.05, 0.1) is 11.0 Å². The lowest BCUT2D eigenvalue weighted by Gasteiger charge is -2.13. The second kappa shape index (κ2) is 4.43. The summed E-state index contributed by atoms with van der Waals surface area (Å²) in [6.07, 6.45) is 0. The Morgan fingerprint density at radius 3 is 2.47 bits per heavy atom. The molecule has 0 aliphatic rings. The summed E-state index contributed by atoms with van der Waals surface area (Å²) in [4.78, 5) is 4.70. The molecule has 3 heteroatoms. The number of fused-ring (bicyclic) bond motifs is 1. The number of hydrogen-bond acceptors (Lipinski definition) is 2. The van der Waals surface area contributed by atoms with E-state index in [1.54, 1.807) is 12.1 Å². The largest absolute Gasteiger partial charge is 0.508 e. The second-order valence-electron chi connectivity index (χ2n) is 4.94. The van der Waals surface area contributed by atoms with Crippen LogP contribution in [0.25, 0.3) is 22.4 Å². The van der Waals surface area contributed by atoms with Crippen molar-refractivity contribution in [2.45, 2.75) is 19.9 Å². The van der Waals surface area contributed by atoms with E-state index in [1.807, 2.05) is 24.3 Å². The number of rotatable bonds is 2. The highest BCUT2D eigenvalue weighted by molar-refractivity contribution is 5.82. The number of aromatic hydroxyl groups is 1. The molecule has 0 radical (unpaired) electrons. The highest BCUT2D eigenvalue weighted by atomic mass is 16.3. The van der Waals surface area contributed by atoms with Crippen molar-refractivity contribution in [3.63, 3.8) is 0 Å². The van der Waals surface area contributed by atoms with Gasteiger partial charge in [0, 0.05) is 17.7 Å². The zero-order valence-electron chi connectivity index (χ0n) is 11.0. The van der Waals surface area contributed by atoms with Crippen LogP contribution in [0.4, 0.5) is 0 Å². The zero-order chi connectivity index (χ0) is 13.4. The first-order valence-corrected chi connectivity index (χ1v) is 6.43. The fourth-order valence-corrected chi connectivity index (χ4v) is 2.39. The molecule has 0 spiro atoms. The van der Waals surface area contributed by atoms with Crippen molar-refractivity contribution < 1.29 is 5.11 Å². The number of phenols is 1. The predicted octanol–water partition coefficient (Wildman–Crippen LogP) is 3.99. The van der Waals surface area contributed by atoms with E-state index in [1.165, 1.54) is 0 Å². The monoisotopic (exact) mass is 252 g/mol. The Morgan fingerprint density at radius 2 is 1.79 bits per heavy atom. The fraction of sp³-hybridized carbons (Fsp3) is 0.188. The zero-order valence-corrected chi connectivity index (χ0v) is 11.0. The maximum absolute atomic E-state index is 9.68. The van der Waals surface area contributed by atoms with E-state index in [2.05, 4.69) is 30.5 Å². The first-order valence-electron chi connectivity index (χ1n) is 6.43. The van der Waals surface area contributed by atoms with Crippen molar-refractivity contribution in [3.8, 4) is 17.1 Å². The third-order valence-corrected chi connectivity index (χ3v) is 3.22. The van der Waals surface area contributed by atoms with Gasteiger partial charge < -0.3 is 9.67 Å². The molecule has 1 aromatic heterocycles. The number of nitrogens with zero attached hydrogens (tertiary/aromatic N) is 2. The minimum atomic E-state index is 0.272. The quantitative estimate of drug-likeness (QED) is 0.748. The molecule has 1 N–H and O–H groups in total. The first-order chi connectivity index (χ1) is 9.16. The molecular formula is C16H16N2O. The molecule has 0 saturated heterocycles. The van der Waals surface area contributed by atoms with E-state index in [9.17, 15) is 5.11 Å². The van der Waals surface area contributed by atoms with Gasteiger partial charge in [-0.2, -0.15) is 0 Å². The molecule has 0 fully saturated rings. The lowest BCUT2D eigenvalue weighted by atomic mass is 10.2. The van der Waals surface area contributed by atoms with E-state index in [0.717, 1.165) is 22.4 Å². The van der Waals surface area contributed by atoms with Crippen LogP contribution in [0.15, 0.2) is 48.5 Å². The van der Waals surface area contributed by atoms with Crippen LogP contribution in [0.2, 0.25) is 0 Å². The first kappa shape index (κ1) is 11.8. The SMILES string of the molecule is CC(C)n1c(-c2ccccc2)nc2ccc(O)cc21. The second-order valence-corrected chi connectivity index (χ2v) is 4.94. The molecule has 3 aromatic rings. The molecule has 96 valence electrons. The Balaban J connectivity index is 2.33. The molecule has 0 atom stereocenters. The summed E-state index contributed by atoms with van der Waals surface area (Å²) in [5, 5.41) is 9.68. The third kappa shape index (κ3) is 1.97. The van der Waals surface area contributed by atoms with Crippen LogP contribution in [0.5, 0.6) is 5.75 Å². The topological polar surface area (TPSA) is 38.0 Å². The van der Waals surface area contributed by atoms with Crippen molar-refractivity contribution in [1.82, 2.24) is 9.55 Å². The average molecular weight is 252 g/mol. The molecule has 0 amide bonds. The summed E-state index contributed by atoms with van der Waals surface area (Å²) in [5.74, 6) is 1.21. The molecule has 2 aromatic carbocycles. The lowest BCUT2D eigenvalue weighted by molar-refractivity contribution is 0.475. The van der Waals surface area contributed by atoms with Gasteiger partial charge in [0.2, 0.25) is 0 Å². The van der Waals surface area contributed by atoms with E-state index in [0.29, 0.717) is 0 Å². The van der Waals surface area contributed by atoms with Crippen molar-refractivity contribution in [2.24, 2.45) is 0 Å². The predicted molar refractivity (Wildman–Crippen MR) is 77.2 cm³/mol. The Morgan fingerprint density at radius 1 is 1.05 bits per heavy atom. The van der Waals surface area contributed by atoms with Crippen LogP contribution in [0.3, 0.4) is 0 Å². The molecule has 1 heterocycles. The van der Waals surface area contributed by atoms with Crippen LogP contribution in [-0.2, 0) is 0 Å². The van der Waals surface area contributed by atoms with Gasteiger partial charge in [-0.05, 0) is 26.0 Å². The summed E-state index contributed by atoms with van der Waals surface area (Å²) in [6.45, 7) is 4.25. The molecule has 3 rings (SSSR count). The summed E-state index contributed by atoms with van der Waals surface area (Å²) in [7, 11) is 0. The highest BCUT2D eigenvalue weighted by Crippen LogP contribution is 2.29. The van der Waals surface area contributed by atoms with Gasteiger partial charge in [-0.3, -0.25) is 0 Å².